The molecule has 6 nitrogen and oxygen atoms in total. The lowest BCUT2D eigenvalue weighted by molar-refractivity contribution is -0.120. The van der Waals surface area contributed by atoms with Crippen molar-refractivity contribution < 1.29 is 18.7 Å². The number of hydrogen-bond acceptors (Lipinski definition) is 5. The standard InChI is InChI=1S/C20H25ClN2O4/c1-14-3-5-19(27-14)17(23-7-9-26-10-8-23)13-22-20(24)12-15-11-16(21)4-6-18(15)25-2/h3-6,11,17H,7-10,12-13H2,1-2H3,(H,22,24). The van der Waals surface area contributed by atoms with Gasteiger partial charge in [-0.3, -0.25) is 9.69 Å². The summed E-state index contributed by atoms with van der Waals surface area (Å²) in [6, 6.07) is 9.17. The Kier molecular flexibility index (Phi) is 6.77. The molecular formula is C20H25ClN2O4. The monoisotopic (exact) mass is 392 g/mol. The van der Waals surface area contributed by atoms with E-state index in [2.05, 4.69) is 10.2 Å². The number of carbonyl (C=O) groups is 1. The molecule has 146 valence electrons. The van der Waals surface area contributed by atoms with Gasteiger partial charge < -0.3 is 19.2 Å². The lowest BCUT2D eigenvalue weighted by Gasteiger charge is -2.33. The maximum absolute atomic E-state index is 12.5. The maximum atomic E-state index is 12.5. The molecule has 1 saturated heterocycles. The third kappa shape index (κ3) is 5.25. The molecule has 0 aliphatic carbocycles. The molecule has 0 spiro atoms. The first-order chi connectivity index (χ1) is 13.1. The average molecular weight is 393 g/mol. The number of nitrogens with zero attached hydrogens (tertiary/aromatic N) is 1. The number of nitrogens with one attached hydrogen (secondary N) is 1. The number of carbonyl (C=O) groups excluding carboxylic acids is 1. The summed E-state index contributed by atoms with van der Waals surface area (Å²) in [7, 11) is 1.58. The average Bonchev–Trinajstić information content (AvgIpc) is 3.09. The number of halogens is 1. The highest BCUT2D eigenvalue weighted by atomic mass is 35.5. The Morgan fingerprint density at radius 1 is 1.30 bits per heavy atom. The van der Waals surface area contributed by atoms with Crippen molar-refractivity contribution >= 4 is 17.5 Å². The van der Waals surface area contributed by atoms with Crippen LogP contribution in [0.1, 0.15) is 23.1 Å². The summed E-state index contributed by atoms with van der Waals surface area (Å²) < 4.78 is 16.6. The third-order valence-electron chi connectivity index (χ3n) is 4.66. The van der Waals surface area contributed by atoms with Crippen molar-refractivity contribution in [3.8, 4) is 5.75 Å². The molecule has 1 fully saturated rings. The van der Waals surface area contributed by atoms with Crippen LogP contribution in [0.4, 0.5) is 0 Å². The van der Waals surface area contributed by atoms with E-state index in [1.54, 1.807) is 25.3 Å². The van der Waals surface area contributed by atoms with Gasteiger partial charge in [-0.25, -0.2) is 0 Å². The number of amides is 1. The molecular weight excluding hydrogens is 368 g/mol. The van der Waals surface area contributed by atoms with Crippen molar-refractivity contribution in [2.45, 2.75) is 19.4 Å². The van der Waals surface area contributed by atoms with Crippen LogP contribution < -0.4 is 10.1 Å². The molecule has 1 aromatic heterocycles. The predicted molar refractivity (Wildman–Crippen MR) is 103 cm³/mol. The fourth-order valence-electron chi connectivity index (χ4n) is 3.26. The minimum absolute atomic E-state index is 0.0205. The molecule has 1 aliphatic rings. The van der Waals surface area contributed by atoms with Crippen LogP contribution in [0.5, 0.6) is 5.75 Å². The summed E-state index contributed by atoms with van der Waals surface area (Å²) in [5.74, 6) is 2.28. The predicted octanol–water partition coefficient (Wildman–Crippen LogP) is 2.98. The number of hydrogen-bond donors (Lipinski definition) is 1. The summed E-state index contributed by atoms with van der Waals surface area (Å²) in [5, 5.41) is 3.61. The van der Waals surface area contributed by atoms with E-state index < -0.39 is 0 Å². The zero-order chi connectivity index (χ0) is 19.2. The van der Waals surface area contributed by atoms with Crippen molar-refractivity contribution in [2.24, 2.45) is 0 Å². The molecule has 1 N–H and O–H groups in total. The number of rotatable bonds is 7. The minimum Gasteiger partial charge on any atom is -0.496 e. The number of methoxy groups -OCH3 is 1. The lowest BCUT2D eigenvalue weighted by Crippen LogP contribution is -2.44. The second-order valence-electron chi connectivity index (χ2n) is 6.55. The summed E-state index contributed by atoms with van der Waals surface area (Å²) >= 11 is 6.05. The smallest absolute Gasteiger partial charge is 0.224 e. The molecule has 1 unspecified atom stereocenters. The Bertz CT molecular complexity index is 771. The number of morpholine rings is 1. The number of aryl methyl sites for hydroxylation is 1. The van der Waals surface area contributed by atoms with E-state index in [-0.39, 0.29) is 18.4 Å². The SMILES string of the molecule is COc1ccc(Cl)cc1CC(=O)NCC(c1ccc(C)o1)N1CCOCC1. The third-order valence-corrected chi connectivity index (χ3v) is 4.90. The first-order valence-corrected chi connectivity index (χ1v) is 9.42. The van der Waals surface area contributed by atoms with E-state index in [0.29, 0.717) is 30.5 Å². The van der Waals surface area contributed by atoms with Crippen LogP contribution in [0.25, 0.3) is 0 Å². The molecule has 2 aromatic rings. The molecule has 1 atom stereocenters. The molecule has 1 aliphatic heterocycles. The fraction of sp³-hybridized carbons (Fsp3) is 0.450. The van der Waals surface area contributed by atoms with Gasteiger partial charge in [0.05, 0.1) is 32.8 Å². The molecule has 27 heavy (non-hydrogen) atoms. The minimum atomic E-state index is -0.0860. The maximum Gasteiger partial charge on any atom is 0.224 e. The van der Waals surface area contributed by atoms with Crippen LogP contribution in [-0.2, 0) is 16.0 Å². The zero-order valence-electron chi connectivity index (χ0n) is 15.7. The van der Waals surface area contributed by atoms with Crippen molar-refractivity contribution in [3.05, 3.63) is 52.4 Å². The highest BCUT2D eigenvalue weighted by Crippen LogP contribution is 2.25. The van der Waals surface area contributed by atoms with Crippen LogP contribution in [-0.4, -0.2) is 50.8 Å². The van der Waals surface area contributed by atoms with Crippen LogP contribution in [0.15, 0.2) is 34.7 Å². The van der Waals surface area contributed by atoms with Gasteiger partial charge in [0.25, 0.3) is 0 Å². The topological polar surface area (TPSA) is 63.9 Å². The number of furan rings is 1. The van der Waals surface area contributed by atoms with Gasteiger partial charge in [-0.05, 0) is 37.3 Å². The zero-order valence-corrected chi connectivity index (χ0v) is 16.4. The Balaban J connectivity index is 1.66. The van der Waals surface area contributed by atoms with Gasteiger partial charge in [0.1, 0.15) is 17.3 Å². The van der Waals surface area contributed by atoms with Crippen molar-refractivity contribution in [2.75, 3.05) is 40.0 Å². The van der Waals surface area contributed by atoms with Gasteiger partial charge in [0.2, 0.25) is 5.91 Å². The summed E-state index contributed by atoms with van der Waals surface area (Å²) in [5.41, 5.74) is 0.763. The summed E-state index contributed by atoms with van der Waals surface area (Å²) in [6.45, 7) is 5.37. The van der Waals surface area contributed by atoms with Gasteiger partial charge in [-0.1, -0.05) is 11.6 Å². The van der Waals surface area contributed by atoms with Crippen molar-refractivity contribution in [3.63, 3.8) is 0 Å². The Morgan fingerprint density at radius 2 is 2.07 bits per heavy atom. The molecule has 1 aromatic carbocycles. The van der Waals surface area contributed by atoms with E-state index in [1.165, 1.54) is 0 Å². The van der Waals surface area contributed by atoms with Gasteiger partial charge in [-0.15, -0.1) is 0 Å². The first-order valence-electron chi connectivity index (χ1n) is 9.04. The second-order valence-corrected chi connectivity index (χ2v) is 6.99. The van der Waals surface area contributed by atoms with Crippen LogP contribution in [0.3, 0.4) is 0 Å². The number of ether oxygens (including phenoxy) is 2. The number of benzene rings is 1. The first kappa shape index (κ1) is 19.7. The quantitative estimate of drug-likeness (QED) is 0.784. The molecule has 7 heteroatoms. The van der Waals surface area contributed by atoms with Gasteiger partial charge in [-0.2, -0.15) is 0 Å². The van der Waals surface area contributed by atoms with E-state index in [1.807, 2.05) is 19.1 Å². The highest BCUT2D eigenvalue weighted by Gasteiger charge is 2.25. The molecule has 3 rings (SSSR count). The molecule has 0 saturated carbocycles. The van der Waals surface area contributed by atoms with Crippen LogP contribution >= 0.6 is 11.6 Å². The molecule has 2 heterocycles. The van der Waals surface area contributed by atoms with E-state index >= 15 is 0 Å². The molecule has 1 amide bonds. The van der Waals surface area contributed by atoms with E-state index in [9.17, 15) is 4.79 Å². The molecule has 0 radical (unpaired) electrons. The van der Waals surface area contributed by atoms with Gasteiger partial charge in [0, 0.05) is 30.2 Å². The van der Waals surface area contributed by atoms with Crippen molar-refractivity contribution in [1.29, 1.82) is 0 Å². The van der Waals surface area contributed by atoms with Crippen molar-refractivity contribution in [1.82, 2.24) is 10.2 Å². The Labute approximate surface area is 164 Å². The summed E-state index contributed by atoms with van der Waals surface area (Å²) in [4.78, 5) is 14.8. The van der Waals surface area contributed by atoms with E-state index in [0.717, 1.165) is 30.2 Å². The second kappa shape index (κ2) is 9.26. The van der Waals surface area contributed by atoms with E-state index in [4.69, 9.17) is 25.5 Å². The highest BCUT2D eigenvalue weighted by molar-refractivity contribution is 6.30. The molecule has 0 bridgehead atoms. The largest absolute Gasteiger partial charge is 0.496 e. The van der Waals surface area contributed by atoms with Gasteiger partial charge >= 0.3 is 0 Å². The van der Waals surface area contributed by atoms with Crippen LogP contribution in [0, 0.1) is 6.92 Å². The van der Waals surface area contributed by atoms with Crippen LogP contribution in [0.2, 0.25) is 5.02 Å². The normalized spacial score (nSPS) is 16.1. The summed E-state index contributed by atoms with van der Waals surface area (Å²) in [6.07, 6.45) is 0.205. The van der Waals surface area contributed by atoms with Gasteiger partial charge in [0.15, 0.2) is 0 Å². The Hall–Kier alpha value is -2.02. The Morgan fingerprint density at radius 3 is 2.74 bits per heavy atom. The lowest BCUT2D eigenvalue weighted by atomic mass is 10.1. The fourth-order valence-corrected chi connectivity index (χ4v) is 3.46.